The summed E-state index contributed by atoms with van der Waals surface area (Å²) in [7, 11) is 1.69. The molecule has 0 aliphatic heterocycles. The van der Waals surface area contributed by atoms with Crippen molar-refractivity contribution in [3.8, 4) is 6.07 Å². The SMILES string of the molecule is Cc1ccc(NC(=O)CN(C)C/C(O)=C(\C#N)c2nc3ccccc3[nH]2)cc1. The molecule has 0 radical (unpaired) electrons. The molecule has 1 amide bonds. The second-order valence-electron chi connectivity index (χ2n) is 6.62. The van der Waals surface area contributed by atoms with Crippen molar-refractivity contribution in [3.63, 3.8) is 0 Å². The molecule has 3 aromatic rings. The molecule has 7 heteroatoms. The Morgan fingerprint density at radius 3 is 2.61 bits per heavy atom. The molecule has 142 valence electrons. The summed E-state index contributed by atoms with van der Waals surface area (Å²) in [5.74, 6) is -0.0488. The molecule has 0 bridgehead atoms. The number of carbonyl (C=O) groups is 1. The average Bonchev–Trinajstić information content (AvgIpc) is 3.07. The van der Waals surface area contributed by atoms with Crippen LogP contribution in [0.1, 0.15) is 11.4 Å². The van der Waals surface area contributed by atoms with E-state index in [1.165, 1.54) is 0 Å². The molecule has 3 N–H and O–H groups in total. The van der Waals surface area contributed by atoms with E-state index in [2.05, 4.69) is 15.3 Å². The summed E-state index contributed by atoms with van der Waals surface area (Å²) in [5, 5.41) is 22.7. The molecule has 0 unspecified atom stereocenters. The minimum atomic E-state index is -0.207. The van der Waals surface area contributed by atoms with Gasteiger partial charge in [-0.1, -0.05) is 29.8 Å². The zero-order valence-corrected chi connectivity index (χ0v) is 15.7. The van der Waals surface area contributed by atoms with Crippen LogP contribution in [0.2, 0.25) is 0 Å². The molecule has 7 nitrogen and oxygen atoms in total. The fraction of sp³-hybridized carbons (Fsp3) is 0.190. The predicted molar refractivity (Wildman–Crippen MR) is 109 cm³/mol. The Balaban J connectivity index is 1.67. The highest BCUT2D eigenvalue weighted by molar-refractivity contribution is 5.92. The maximum Gasteiger partial charge on any atom is 0.238 e. The Labute approximate surface area is 162 Å². The van der Waals surface area contributed by atoms with Crippen LogP contribution in [-0.2, 0) is 4.79 Å². The van der Waals surface area contributed by atoms with E-state index in [9.17, 15) is 15.2 Å². The smallest absolute Gasteiger partial charge is 0.238 e. The number of likely N-dealkylation sites (N-methyl/N-ethyl adjacent to an activating group) is 1. The summed E-state index contributed by atoms with van der Waals surface area (Å²) in [6.45, 7) is 2.08. The van der Waals surface area contributed by atoms with Gasteiger partial charge in [0.1, 0.15) is 17.4 Å². The van der Waals surface area contributed by atoms with Crippen LogP contribution in [0, 0.1) is 18.3 Å². The van der Waals surface area contributed by atoms with Crippen LogP contribution in [0.4, 0.5) is 5.69 Å². The lowest BCUT2D eigenvalue weighted by Crippen LogP contribution is -2.31. The zero-order chi connectivity index (χ0) is 20.1. The van der Waals surface area contributed by atoms with Gasteiger partial charge in [0.25, 0.3) is 0 Å². The van der Waals surface area contributed by atoms with Gasteiger partial charge in [0.2, 0.25) is 5.91 Å². The largest absolute Gasteiger partial charge is 0.509 e. The second kappa shape index (κ2) is 8.37. The summed E-state index contributed by atoms with van der Waals surface area (Å²) >= 11 is 0. The number of aliphatic hydroxyl groups is 1. The highest BCUT2D eigenvalue weighted by atomic mass is 16.3. The number of hydrogen-bond acceptors (Lipinski definition) is 5. The first-order valence-electron chi connectivity index (χ1n) is 8.78. The van der Waals surface area contributed by atoms with E-state index in [4.69, 9.17) is 0 Å². The van der Waals surface area contributed by atoms with E-state index >= 15 is 0 Å². The van der Waals surface area contributed by atoms with E-state index in [-0.39, 0.29) is 30.3 Å². The Morgan fingerprint density at radius 2 is 1.93 bits per heavy atom. The third-order valence-corrected chi connectivity index (χ3v) is 4.20. The van der Waals surface area contributed by atoms with Crippen molar-refractivity contribution in [1.82, 2.24) is 14.9 Å². The van der Waals surface area contributed by atoms with Crippen molar-refractivity contribution < 1.29 is 9.90 Å². The second-order valence-corrected chi connectivity index (χ2v) is 6.62. The molecule has 0 fully saturated rings. The van der Waals surface area contributed by atoms with E-state index in [0.29, 0.717) is 17.0 Å². The van der Waals surface area contributed by atoms with E-state index in [0.717, 1.165) is 11.1 Å². The molecule has 1 heterocycles. The van der Waals surface area contributed by atoms with Gasteiger partial charge in [-0.3, -0.25) is 9.69 Å². The van der Waals surface area contributed by atoms with Crippen molar-refractivity contribution in [3.05, 3.63) is 65.7 Å². The van der Waals surface area contributed by atoms with Crippen LogP contribution >= 0.6 is 0 Å². The number of nitrogens with zero attached hydrogens (tertiary/aromatic N) is 3. The van der Waals surface area contributed by atoms with Crippen molar-refractivity contribution >= 4 is 28.2 Å². The number of para-hydroxylation sites is 2. The number of imidazole rings is 1. The molecule has 0 saturated heterocycles. The third-order valence-electron chi connectivity index (χ3n) is 4.20. The van der Waals surface area contributed by atoms with Crippen molar-refractivity contribution in [2.24, 2.45) is 0 Å². The number of nitriles is 1. The monoisotopic (exact) mass is 375 g/mol. The minimum absolute atomic E-state index is 0.0429. The Kier molecular flexibility index (Phi) is 5.72. The van der Waals surface area contributed by atoms with E-state index < -0.39 is 0 Å². The summed E-state index contributed by atoms with van der Waals surface area (Å²) in [5.41, 5.74) is 3.37. The van der Waals surface area contributed by atoms with E-state index in [1.54, 1.807) is 11.9 Å². The molecule has 0 saturated carbocycles. The minimum Gasteiger partial charge on any atom is -0.509 e. The van der Waals surface area contributed by atoms with Crippen LogP contribution in [0.25, 0.3) is 16.6 Å². The van der Waals surface area contributed by atoms with Crippen molar-refractivity contribution in [2.75, 3.05) is 25.5 Å². The normalized spacial score (nSPS) is 11.9. The molecule has 0 aliphatic carbocycles. The molecule has 0 aliphatic rings. The summed E-state index contributed by atoms with van der Waals surface area (Å²) in [4.78, 5) is 21.2. The lowest BCUT2D eigenvalue weighted by molar-refractivity contribution is -0.117. The zero-order valence-electron chi connectivity index (χ0n) is 15.7. The number of fused-ring (bicyclic) bond motifs is 1. The standard InChI is InChI=1S/C21H21N5O2/c1-14-7-9-15(10-8-14)23-20(28)13-26(2)12-19(27)16(11-22)21-24-17-5-3-4-6-18(17)25-21/h3-10,27H,12-13H2,1-2H3,(H,23,28)(H,24,25)/b19-16-. The first-order valence-corrected chi connectivity index (χ1v) is 8.78. The first-order chi connectivity index (χ1) is 13.5. The number of carbonyl (C=O) groups excluding carboxylic acids is 1. The van der Waals surface area contributed by atoms with Gasteiger partial charge in [-0.25, -0.2) is 4.98 Å². The van der Waals surface area contributed by atoms with Crippen molar-refractivity contribution in [1.29, 1.82) is 5.26 Å². The number of benzene rings is 2. The molecular weight excluding hydrogens is 354 g/mol. The number of H-pyrrole nitrogens is 1. The van der Waals surface area contributed by atoms with E-state index in [1.807, 2.05) is 61.5 Å². The topological polar surface area (TPSA) is 105 Å². The molecule has 0 spiro atoms. The average molecular weight is 375 g/mol. The molecule has 28 heavy (non-hydrogen) atoms. The highest BCUT2D eigenvalue weighted by Gasteiger charge is 2.16. The fourth-order valence-electron chi connectivity index (χ4n) is 2.80. The number of aromatic amines is 1. The van der Waals surface area contributed by atoms with Crippen LogP contribution in [0.3, 0.4) is 0 Å². The number of aryl methyl sites for hydroxylation is 1. The van der Waals surface area contributed by atoms with Crippen LogP contribution in [-0.4, -0.2) is 46.0 Å². The highest BCUT2D eigenvalue weighted by Crippen LogP contribution is 2.19. The van der Waals surface area contributed by atoms with Gasteiger partial charge in [0.05, 0.1) is 24.1 Å². The van der Waals surface area contributed by atoms with Crippen molar-refractivity contribution in [2.45, 2.75) is 6.92 Å². The van der Waals surface area contributed by atoms with Crippen LogP contribution in [0.15, 0.2) is 54.3 Å². The van der Waals surface area contributed by atoms with Gasteiger partial charge in [-0.15, -0.1) is 0 Å². The van der Waals surface area contributed by atoms with Gasteiger partial charge >= 0.3 is 0 Å². The Hall–Kier alpha value is -3.63. The van der Waals surface area contributed by atoms with Gasteiger partial charge in [-0.2, -0.15) is 5.26 Å². The number of nitrogens with one attached hydrogen (secondary N) is 2. The third kappa shape index (κ3) is 4.55. The Bertz CT molecular complexity index is 1030. The number of aliphatic hydroxyl groups excluding tert-OH is 1. The Morgan fingerprint density at radius 1 is 1.21 bits per heavy atom. The molecule has 3 rings (SSSR count). The number of allylic oxidation sites excluding steroid dienone is 1. The van der Waals surface area contributed by atoms with Crippen LogP contribution < -0.4 is 5.32 Å². The van der Waals surface area contributed by atoms with Gasteiger partial charge < -0.3 is 15.4 Å². The van der Waals surface area contributed by atoms with Gasteiger partial charge in [0.15, 0.2) is 5.82 Å². The summed E-state index contributed by atoms with van der Waals surface area (Å²) < 4.78 is 0. The molecule has 1 aromatic heterocycles. The maximum absolute atomic E-state index is 12.2. The molecular formula is C21H21N5O2. The van der Waals surface area contributed by atoms with Gasteiger partial charge in [0, 0.05) is 5.69 Å². The summed E-state index contributed by atoms with van der Waals surface area (Å²) in [6.07, 6.45) is 0. The fourth-order valence-corrected chi connectivity index (χ4v) is 2.80. The number of hydrogen-bond donors (Lipinski definition) is 3. The molecule has 2 aromatic carbocycles. The predicted octanol–water partition coefficient (Wildman–Crippen LogP) is 3.23. The number of rotatable bonds is 6. The maximum atomic E-state index is 12.2. The lowest BCUT2D eigenvalue weighted by Gasteiger charge is -2.16. The lowest BCUT2D eigenvalue weighted by atomic mass is 10.2. The number of aromatic nitrogens is 2. The quantitative estimate of drug-likeness (QED) is 0.453. The number of anilines is 1. The van der Waals surface area contributed by atoms with Gasteiger partial charge in [-0.05, 0) is 38.2 Å². The molecule has 0 atom stereocenters. The summed E-state index contributed by atoms with van der Waals surface area (Å²) in [6, 6.07) is 16.9. The first kappa shape index (κ1) is 19.1. The number of amides is 1. The van der Waals surface area contributed by atoms with Crippen LogP contribution in [0.5, 0.6) is 0 Å².